The predicted octanol–water partition coefficient (Wildman–Crippen LogP) is 5.07. The maximum Gasteiger partial charge on any atom is 0.134 e. The Bertz CT molecular complexity index is 701. The Morgan fingerprint density at radius 2 is 2.33 bits per heavy atom. The summed E-state index contributed by atoms with van der Waals surface area (Å²) in [5.74, 6) is 0.779. The number of rotatable bonds is 5. The van der Waals surface area contributed by atoms with Gasteiger partial charge in [0.2, 0.25) is 0 Å². The molecule has 0 atom stereocenters. The molecule has 0 spiro atoms. The molecule has 3 nitrogen and oxygen atoms in total. The fourth-order valence-electron chi connectivity index (χ4n) is 1.75. The van der Waals surface area contributed by atoms with Crippen molar-refractivity contribution in [1.29, 1.82) is 5.26 Å². The number of ether oxygens (including phenoxy) is 1. The van der Waals surface area contributed by atoms with E-state index >= 15 is 0 Å². The molecule has 108 valence electrons. The highest BCUT2D eigenvalue weighted by Gasteiger charge is 2.09. The second-order valence-corrected chi connectivity index (χ2v) is 6.27. The smallest absolute Gasteiger partial charge is 0.134 e. The molecule has 0 aliphatic carbocycles. The maximum atomic E-state index is 9.38. The summed E-state index contributed by atoms with van der Waals surface area (Å²) in [6.07, 6.45) is 2.77. The van der Waals surface area contributed by atoms with Crippen LogP contribution in [0.25, 0.3) is 11.6 Å². The van der Waals surface area contributed by atoms with Gasteiger partial charge in [0, 0.05) is 21.1 Å². The highest BCUT2D eigenvalue weighted by atomic mass is 79.9. The lowest BCUT2D eigenvalue weighted by atomic mass is 10.1. The molecule has 21 heavy (non-hydrogen) atoms. The minimum absolute atomic E-state index is 0.549. The van der Waals surface area contributed by atoms with Crippen LogP contribution >= 0.6 is 27.3 Å². The summed E-state index contributed by atoms with van der Waals surface area (Å²) in [6, 6.07) is 8.01. The van der Waals surface area contributed by atoms with Crippen molar-refractivity contribution in [2.24, 2.45) is 0 Å². The largest absolute Gasteiger partial charge is 0.493 e. The Kier molecular flexibility index (Phi) is 5.54. The van der Waals surface area contributed by atoms with Gasteiger partial charge in [-0.15, -0.1) is 11.3 Å². The van der Waals surface area contributed by atoms with E-state index < -0.39 is 0 Å². The van der Waals surface area contributed by atoms with Gasteiger partial charge in [-0.1, -0.05) is 22.9 Å². The third kappa shape index (κ3) is 4.16. The quantitative estimate of drug-likeness (QED) is 0.697. The van der Waals surface area contributed by atoms with E-state index in [2.05, 4.69) is 33.9 Å². The molecule has 0 saturated carbocycles. The molecule has 0 amide bonds. The highest BCUT2D eigenvalue weighted by molar-refractivity contribution is 9.10. The summed E-state index contributed by atoms with van der Waals surface area (Å²) < 4.78 is 6.69. The van der Waals surface area contributed by atoms with Crippen molar-refractivity contribution in [3.8, 4) is 11.8 Å². The average molecular weight is 363 g/mol. The average Bonchev–Trinajstić information content (AvgIpc) is 2.90. The van der Waals surface area contributed by atoms with Crippen molar-refractivity contribution in [2.45, 2.75) is 20.3 Å². The number of nitrogens with zero attached hydrogens (tertiary/aromatic N) is 2. The van der Waals surface area contributed by atoms with Gasteiger partial charge in [0.15, 0.2) is 0 Å². The van der Waals surface area contributed by atoms with Crippen molar-refractivity contribution in [3.05, 3.63) is 44.3 Å². The normalized spacial score (nSPS) is 11.2. The minimum atomic E-state index is 0.549. The van der Waals surface area contributed by atoms with Gasteiger partial charge in [-0.2, -0.15) is 5.26 Å². The van der Waals surface area contributed by atoms with Crippen LogP contribution in [0.1, 0.15) is 29.6 Å². The van der Waals surface area contributed by atoms with Gasteiger partial charge in [0.1, 0.15) is 16.8 Å². The van der Waals surface area contributed by atoms with Crippen LogP contribution in [0.15, 0.2) is 28.1 Å². The van der Waals surface area contributed by atoms with Crippen LogP contribution in [-0.4, -0.2) is 11.6 Å². The first-order chi connectivity index (χ1) is 10.1. The first kappa shape index (κ1) is 15.7. The maximum absolute atomic E-state index is 9.38. The number of aromatic nitrogens is 1. The molecule has 5 heteroatoms. The molecule has 0 aliphatic heterocycles. The second kappa shape index (κ2) is 7.39. The molecule has 1 aromatic carbocycles. The van der Waals surface area contributed by atoms with E-state index in [1.807, 2.05) is 36.6 Å². The van der Waals surface area contributed by atoms with E-state index in [4.69, 9.17) is 4.74 Å². The van der Waals surface area contributed by atoms with Gasteiger partial charge in [-0.05, 0) is 37.6 Å². The summed E-state index contributed by atoms with van der Waals surface area (Å²) >= 11 is 4.93. The summed E-state index contributed by atoms with van der Waals surface area (Å²) in [5, 5.41) is 12.1. The number of aryl methyl sites for hydroxylation is 1. The fourth-order valence-corrected chi connectivity index (χ4v) is 2.89. The molecule has 0 aliphatic rings. The van der Waals surface area contributed by atoms with Crippen LogP contribution in [0, 0.1) is 18.3 Å². The lowest BCUT2D eigenvalue weighted by Gasteiger charge is -2.09. The van der Waals surface area contributed by atoms with Gasteiger partial charge < -0.3 is 4.74 Å². The third-order valence-corrected chi connectivity index (χ3v) is 4.19. The van der Waals surface area contributed by atoms with Gasteiger partial charge in [-0.25, -0.2) is 4.98 Å². The van der Waals surface area contributed by atoms with E-state index in [0.717, 1.165) is 32.9 Å². The Morgan fingerprint density at radius 1 is 1.52 bits per heavy atom. The standard InChI is InChI=1S/C16H15BrN2OS/c1-3-6-20-15-5-4-14(17)8-12(15)7-13(9-18)16-19-11(2)10-21-16/h4-5,7-8,10H,3,6H2,1-2H3/b13-7+. The lowest BCUT2D eigenvalue weighted by Crippen LogP contribution is -1.97. The summed E-state index contributed by atoms with van der Waals surface area (Å²) in [6.45, 7) is 4.64. The first-order valence-electron chi connectivity index (χ1n) is 6.60. The predicted molar refractivity (Wildman–Crippen MR) is 90.3 cm³/mol. The number of benzene rings is 1. The number of hydrogen-bond acceptors (Lipinski definition) is 4. The zero-order valence-electron chi connectivity index (χ0n) is 11.9. The summed E-state index contributed by atoms with van der Waals surface area (Å²) in [5.41, 5.74) is 2.35. The Balaban J connectivity index is 2.41. The molecule has 2 rings (SSSR count). The minimum Gasteiger partial charge on any atom is -0.493 e. The van der Waals surface area contributed by atoms with Crippen molar-refractivity contribution < 1.29 is 4.74 Å². The van der Waals surface area contributed by atoms with E-state index in [0.29, 0.717) is 12.2 Å². The molecule has 1 aromatic heterocycles. The SMILES string of the molecule is CCCOc1ccc(Br)cc1/C=C(\C#N)c1nc(C)cs1. The molecular weight excluding hydrogens is 348 g/mol. The zero-order chi connectivity index (χ0) is 15.2. The Morgan fingerprint density at radius 3 is 2.95 bits per heavy atom. The molecule has 0 fully saturated rings. The molecule has 2 aromatic rings. The first-order valence-corrected chi connectivity index (χ1v) is 8.28. The van der Waals surface area contributed by atoms with Crippen LogP contribution in [0.5, 0.6) is 5.75 Å². The van der Waals surface area contributed by atoms with Crippen LogP contribution in [-0.2, 0) is 0 Å². The number of halogens is 1. The molecule has 0 radical (unpaired) electrons. The number of thiazole rings is 1. The molecule has 1 heterocycles. The number of allylic oxidation sites excluding steroid dienone is 1. The van der Waals surface area contributed by atoms with Crippen LogP contribution in [0.2, 0.25) is 0 Å². The monoisotopic (exact) mass is 362 g/mol. The topological polar surface area (TPSA) is 45.9 Å². The molecule has 0 bridgehead atoms. The van der Waals surface area contributed by atoms with Crippen molar-refractivity contribution in [1.82, 2.24) is 4.98 Å². The van der Waals surface area contributed by atoms with Crippen molar-refractivity contribution in [2.75, 3.05) is 6.61 Å². The van der Waals surface area contributed by atoms with Crippen molar-refractivity contribution in [3.63, 3.8) is 0 Å². The Labute approximate surface area is 137 Å². The van der Waals surface area contributed by atoms with E-state index in [1.165, 1.54) is 11.3 Å². The van der Waals surface area contributed by atoms with Crippen LogP contribution in [0.4, 0.5) is 0 Å². The van der Waals surface area contributed by atoms with Gasteiger partial charge in [0.05, 0.1) is 12.2 Å². The molecular formula is C16H15BrN2OS. The molecule has 0 N–H and O–H groups in total. The van der Waals surface area contributed by atoms with Crippen LogP contribution < -0.4 is 4.74 Å². The number of nitriles is 1. The van der Waals surface area contributed by atoms with Gasteiger partial charge in [-0.3, -0.25) is 0 Å². The fraction of sp³-hybridized carbons (Fsp3) is 0.250. The summed E-state index contributed by atoms with van der Waals surface area (Å²) in [4.78, 5) is 4.37. The van der Waals surface area contributed by atoms with E-state index in [1.54, 1.807) is 0 Å². The van der Waals surface area contributed by atoms with Gasteiger partial charge >= 0.3 is 0 Å². The highest BCUT2D eigenvalue weighted by Crippen LogP contribution is 2.29. The molecule has 0 saturated heterocycles. The van der Waals surface area contributed by atoms with E-state index in [9.17, 15) is 5.26 Å². The van der Waals surface area contributed by atoms with Crippen molar-refractivity contribution >= 4 is 38.9 Å². The third-order valence-electron chi connectivity index (χ3n) is 2.70. The summed E-state index contributed by atoms with van der Waals surface area (Å²) in [7, 11) is 0. The molecule has 0 unspecified atom stereocenters. The van der Waals surface area contributed by atoms with Crippen LogP contribution in [0.3, 0.4) is 0 Å². The number of hydrogen-bond donors (Lipinski definition) is 0. The van der Waals surface area contributed by atoms with Gasteiger partial charge in [0.25, 0.3) is 0 Å². The van der Waals surface area contributed by atoms with E-state index in [-0.39, 0.29) is 0 Å². The zero-order valence-corrected chi connectivity index (χ0v) is 14.3. The second-order valence-electron chi connectivity index (χ2n) is 4.49. The lowest BCUT2D eigenvalue weighted by molar-refractivity contribution is 0.317. The Hall–Kier alpha value is -1.64.